The molecule has 0 aliphatic carbocycles. The van der Waals surface area contributed by atoms with Crippen LogP contribution in [0.2, 0.25) is 0 Å². The van der Waals surface area contributed by atoms with Gasteiger partial charge in [-0.1, -0.05) is 42.5 Å². The van der Waals surface area contributed by atoms with Crippen molar-refractivity contribution in [1.29, 1.82) is 0 Å². The summed E-state index contributed by atoms with van der Waals surface area (Å²) in [6.45, 7) is 2.46. The van der Waals surface area contributed by atoms with E-state index < -0.39 is 0 Å². The molecule has 0 fully saturated rings. The van der Waals surface area contributed by atoms with Crippen LogP contribution in [-0.2, 0) is 6.54 Å². The molecule has 106 valence electrons. The molecule has 1 heterocycles. The molecule has 0 saturated heterocycles. The number of hydrogen-bond donors (Lipinski definition) is 1. The Morgan fingerprint density at radius 2 is 1.76 bits per heavy atom. The highest BCUT2D eigenvalue weighted by molar-refractivity contribution is 5.86. The molecule has 2 aromatic carbocycles. The van der Waals surface area contributed by atoms with Crippen molar-refractivity contribution in [3.8, 4) is 5.75 Å². The molecule has 0 radical (unpaired) electrons. The lowest BCUT2D eigenvalue weighted by Gasteiger charge is -2.19. The lowest BCUT2D eigenvalue weighted by molar-refractivity contribution is 0.227. The number of para-hydroxylation sites is 1. The molecule has 0 bridgehead atoms. The van der Waals surface area contributed by atoms with Gasteiger partial charge in [0.1, 0.15) is 11.9 Å². The first-order valence-corrected chi connectivity index (χ1v) is 7.08. The molecule has 3 rings (SSSR count). The zero-order valence-corrected chi connectivity index (χ0v) is 12.0. The maximum absolute atomic E-state index is 6.22. The average molecular weight is 278 g/mol. The van der Waals surface area contributed by atoms with Crippen LogP contribution in [0.1, 0.15) is 24.2 Å². The van der Waals surface area contributed by atoms with Crippen LogP contribution in [0.25, 0.3) is 10.9 Å². The number of fused-ring (bicyclic) bond motifs is 1. The minimum absolute atomic E-state index is 0.0395. The fourth-order valence-electron chi connectivity index (χ4n) is 2.41. The van der Waals surface area contributed by atoms with Crippen LogP contribution >= 0.6 is 0 Å². The number of ether oxygens (including phenoxy) is 1. The van der Waals surface area contributed by atoms with Crippen molar-refractivity contribution in [3.63, 3.8) is 0 Å². The molecule has 0 amide bonds. The van der Waals surface area contributed by atoms with Crippen molar-refractivity contribution in [2.45, 2.75) is 19.6 Å². The van der Waals surface area contributed by atoms with Gasteiger partial charge in [-0.2, -0.15) is 0 Å². The van der Waals surface area contributed by atoms with E-state index >= 15 is 0 Å². The fourth-order valence-corrected chi connectivity index (χ4v) is 2.41. The van der Waals surface area contributed by atoms with Crippen LogP contribution in [0.15, 0.2) is 60.8 Å². The van der Waals surface area contributed by atoms with E-state index in [0.29, 0.717) is 6.54 Å². The minimum Gasteiger partial charge on any atom is -0.485 e. The molecule has 1 unspecified atom stereocenters. The standard InChI is InChI=1S/C18H18N2O/c1-13(14-7-3-2-4-8-14)21-18-15(11-19)12-20-17-10-6-5-9-16(17)18/h2-10,12-13H,11,19H2,1H3. The Labute approximate surface area is 124 Å². The van der Waals surface area contributed by atoms with Gasteiger partial charge in [-0.3, -0.25) is 4.98 Å². The molecular formula is C18H18N2O. The summed E-state index contributed by atoms with van der Waals surface area (Å²) in [7, 11) is 0. The van der Waals surface area contributed by atoms with E-state index in [0.717, 1.165) is 27.8 Å². The summed E-state index contributed by atoms with van der Waals surface area (Å²) in [5, 5.41) is 1.00. The highest BCUT2D eigenvalue weighted by atomic mass is 16.5. The van der Waals surface area contributed by atoms with Crippen LogP contribution in [0.5, 0.6) is 5.75 Å². The fraction of sp³-hybridized carbons (Fsp3) is 0.167. The lowest BCUT2D eigenvalue weighted by Crippen LogP contribution is -2.08. The first-order valence-electron chi connectivity index (χ1n) is 7.08. The molecule has 0 saturated carbocycles. The summed E-state index contributed by atoms with van der Waals surface area (Å²) < 4.78 is 6.22. The van der Waals surface area contributed by atoms with Crippen LogP contribution in [0.3, 0.4) is 0 Å². The number of hydrogen-bond acceptors (Lipinski definition) is 3. The maximum Gasteiger partial charge on any atom is 0.135 e. The Kier molecular flexibility index (Phi) is 3.84. The molecule has 3 aromatic rings. The van der Waals surface area contributed by atoms with Gasteiger partial charge in [-0.15, -0.1) is 0 Å². The summed E-state index contributed by atoms with van der Waals surface area (Å²) >= 11 is 0. The van der Waals surface area contributed by atoms with Crippen LogP contribution < -0.4 is 10.5 Å². The molecule has 3 heteroatoms. The van der Waals surface area contributed by atoms with Gasteiger partial charge in [0.05, 0.1) is 5.52 Å². The Morgan fingerprint density at radius 1 is 1.05 bits per heavy atom. The molecule has 21 heavy (non-hydrogen) atoms. The van der Waals surface area contributed by atoms with Gasteiger partial charge in [-0.25, -0.2) is 0 Å². The van der Waals surface area contributed by atoms with Crippen molar-refractivity contribution in [2.24, 2.45) is 5.73 Å². The highest BCUT2D eigenvalue weighted by Crippen LogP contribution is 2.31. The van der Waals surface area contributed by atoms with Gasteiger partial charge in [-0.05, 0) is 24.6 Å². The third-order valence-electron chi connectivity index (χ3n) is 3.58. The smallest absolute Gasteiger partial charge is 0.135 e. The predicted molar refractivity (Wildman–Crippen MR) is 85.1 cm³/mol. The molecule has 3 nitrogen and oxygen atoms in total. The summed E-state index contributed by atoms with van der Waals surface area (Å²) in [5.41, 5.74) is 8.82. The van der Waals surface area contributed by atoms with Crippen molar-refractivity contribution in [2.75, 3.05) is 0 Å². The molecular weight excluding hydrogens is 260 g/mol. The van der Waals surface area contributed by atoms with Crippen molar-refractivity contribution in [1.82, 2.24) is 4.98 Å². The summed E-state index contributed by atoms with van der Waals surface area (Å²) in [6.07, 6.45) is 1.76. The number of pyridine rings is 1. The van der Waals surface area contributed by atoms with E-state index in [4.69, 9.17) is 10.5 Å². The van der Waals surface area contributed by atoms with Gasteiger partial charge in [0.25, 0.3) is 0 Å². The van der Waals surface area contributed by atoms with E-state index in [1.807, 2.05) is 49.4 Å². The van der Waals surface area contributed by atoms with Gasteiger partial charge in [0.2, 0.25) is 0 Å². The predicted octanol–water partition coefficient (Wildman–Crippen LogP) is 3.83. The summed E-state index contributed by atoms with van der Waals surface area (Å²) in [4.78, 5) is 4.43. The van der Waals surface area contributed by atoms with Crippen molar-refractivity contribution in [3.05, 3.63) is 71.9 Å². The normalized spacial score (nSPS) is 12.3. The number of rotatable bonds is 4. The largest absolute Gasteiger partial charge is 0.485 e. The quantitative estimate of drug-likeness (QED) is 0.789. The van der Waals surface area contributed by atoms with Gasteiger partial charge in [0, 0.05) is 23.7 Å². The third kappa shape index (κ3) is 2.73. The van der Waals surface area contributed by atoms with Gasteiger partial charge < -0.3 is 10.5 Å². The van der Waals surface area contributed by atoms with Gasteiger partial charge in [0.15, 0.2) is 0 Å². The second kappa shape index (κ2) is 5.94. The zero-order chi connectivity index (χ0) is 14.7. The second-order valence-corrected chi connectivity index (χ2v) is 5.00. The minimum atomic E-state index is -0.0395. The number of nitrogens with zero attached hydrogens (tertiary/aromatic N) is 1. The van der Waals surface area contributed by atoms with Crippen LogP contribution in [0, 0.1) is 0 Å². The van der Waals surface area contributed by atoms with E-state index in [9.17, 15) is 0 Å². The average Bonchev–Trinajstić information content (AvgIpc) is 2.56. The first-order chi connectivity index (χ1) is 10.3. The molecule has 0 aliphatic rings. The Bertz CT molecular complexity index is 741. The van der Waals surface area contributed by atoms with Crippen molar-refractivity contribution >= 4 is 10.9 Å². The number of nitrogens with two attached hydrogens (primary N) is 1. The van der Waals surface area contributed by atoms with E-state index in [1.54, 1.807) is 6.20 Å². The first kappa shape index (κ1) is 13.6. The number of aromatic nitrogens is 1. The lowest BCUT2D eigenvalue weighted by atomic mass is 10.1. The second-order valence-electron chi connectivity index (χ2n) is 5.00. The van der Waals surface area contributed by atoms with E-state index in [1.165, 1.54) is 0 Å². The molecule has 1 aromatic heterocycles. The summed E-state index contributed by atoms with van der Waals surface area (Å²) in [5.74, 6) is 0.833. The topological polar surface area (TPSA) is 48.1 Å². The monoisotopic (exact) mass is 278 g/mol. The van der Waals surface area contributed by atoms with E-state index in [-0.39, 0.29) is 6.10 Å². The maximum atomic E-state index is 6.22. The molecule has 0 aliphatic heterocycles. The molecule has 1 atom stereocenters. The zero-order valence-electron chi connectivity index (χ0n) is 12.0. The molecule has 0 spiro atoms. The summed E-state index contributed by atoms with van der Waals surface area (Å²) in [6, 6.07) is 18.1. The Morgan fingerprint density at radius 3 is 2.52 bits per heavy atom. The number of benzene rings is 2. The Balaban J connectivity index is 2.03. The molecule has 2 N–H and O–H groups in total. The van der Waals surface area contributed by atoms with Crippen LogP contribution in [-0.4, -0.2) is 4.98 Å². The van der Waals surface area contributed by atoms with Crippen LogP contribution in [0.4, 0.5) is 0 Å². The van der Waals surface area contributed by atoms with E-state index in [2.05, 4.69) is 17.1 Å². The van der Waals surface area contributed by atoms with Crippen molar-refractivity contribution < 1.29 is 4.74 Å². The highest BCUT2D eigenvalue weighted by Gasteiger charge is 2.13. The SMILES string of the molecule is CC(Oc1c(CN)cnc2ccccc12)c1ccccc1. The van der Waals surface area contributed by atoms with Gasteiger partial charge >= 0.3 is 0 Å². The Hall–Kier alpha value is -2.39. The third-order valence-corrected chi connectivity index (χ3v) is 3.58.